The SMILES string of the molecule is Cc1cccc(C)c1NC(=O)CN1CCCC(C(N)=O)C1. The van der Waals surface area contributed by atoms with Gasteiger partial charge in [0.1, 0.15) is 0 Å². The molecule has 1 aliphatic heterocycles. The smallest absolute Gasteiger partial charge is 0.238 e. The summed E-state index contributed by atoms with van der Waals surface area (Å²) >= 11 is 0. The van der Waals surface area contributed by atoms with Crippen LogP contribution in [0.4, 0.5) is 5.69 Å². The third-order valence-electron chi connectivity index (χ3n) is 4.02. The number of nitrogens with zero attached hydrogens (tertiary/aromatic N) is 1. The molecule has 0 saturated carbocycles. The molecule has 0 spiro atoms. The van der Waals surface area contributed by atoms with Gasteiger partial charge in [0.05, 0.1) is 12.5 Å². The van der Waals surface area contributed by atoms with Crippen molar-refractivity contribution in [3.8, 4) is 0 Å². The highest BCUT2D eigenvalue weighted by Crippen LogP contribution is 2.20. The number of carbonyl (C=O) groups is 2. The Hall–Kier alpha value is -1.88. The van der Waals surface area contributed by atoms with Crippen molar-refractivity contribution in [1.29, 1.82) is 0 Å². The zero-order valence-electron chi connectivity index (χ0n) is 12.7. The Morgan fingerprint density at radius 1 is 1.33 bits per heavy atom. The average Bonchev–Trinajstić information content (AvgIpc) is 2.43. The fraction of sp³-hybridized carbons (Fsp3) is 0.500. The van der Waals surface area contributed by atoms with E-state index in [1.54, 1.807) is 0 Å². The second-order valence-corrected chi connectivity index (χ2v) is 5.79. The minimum atomic E-state index is -0.269. The minimum absolute atomic E-state index is 0.0440. The number of likely N-dealkylation sites (tertiary alicyclic amines) is 1. The normalized spacial score (nSPS) is 19.2. The Balaban J connectivity index is 1.94. The van der Waals surface area contributed by atoms with Crippen LogP contribution in [-0.2, 0) is 9.59 Å². The van der Waals surface area contributed by atoms with Gasteiger partial charge in [-0.15, -0.1) is 0 Å². The summed E-state index contributed by atoms with van der Waals surface area (Å²) in [6, 6.07) is 5.93. The standard InChI is InChI=1S/C16H23N3O2/c1-11-5-3-6-12(2)15(11)18-14(20)10-19-8-4-7-13(9-19)16(17)21/h3,5-6,13H,4,7-10H2,1-2H3,(H2,17,21)(H,18,20). The topological polar surface area (TPSA) is 75.4 Å². The number of nitrogens with two attached hydrogens (primary N) is 1. The maximum Gasteiger partial charge on any atom is 0.238 e. The van der Waals surface area contributed by atoms with Gasteiger partial charge in [-0.25, -0.2) is 0 Å². The highest BCUT2D eigenvalue weighted by atomic mass is 16.2. The number of amides is 2. The third-order valence-corrected chi connectivity index (χ3v) is 4.02. The molecule has 1 unspecified atom stereocenters. The van der Waals surface area contributed by atoms with E-state index in [2.05, 4.69) is 5.32 Å². The van der Waals surface area contributed by atoms with Gasteiger partial charge in [-0.2, -0.15) is 0 Å². The molecule has 1 aliphatic rings. The van der Waals surface area contributed by atoms with E-state index in [4.69, 9.17) is 5.73 Å². The van der Waals surface area contributed by atoms with Crippen molar-refractivity contribution in [3.63, 3.8) is 0 Å². The van der Waals surface area contributed by atoms with Gasteiger partial charge in [0, 0.05) is 12.2 Å². The highest BCUT2D eigenvalue weighted by molar-refractivity contribution is 5.93. The van der Waals surface area contributed by atoms with Crippen molar-refractivity contribution >= 4 is 17.5 Å². The van der Waals surface area contributed by atoms with E-state index >= 15 is 0 Å². The molecule has 3 N–H and O–H groups in total. The summed E-state index contributed by atoms with van der Waals surface area (Å²) in [4.78, 5) is 25.5. The molecule has 1 heterocycles. The molecular formula is C16H23N3O2. The van der Waals surface area contributed by atoms with Crippen LogP contribution in [0.15, 0.2) is 18.2 Å². The Kier molecular flexibility index (Phi) is 4.96. The lowest BCUT2D eigenvalue weighted by atomic mass is 9.97. The number of nitrogens with one attached hydrogen (secondary N) is 1. The molecule has 2 amide bonds. The van der Waals surface area contributed by atoms with Gasteiger partial charge >= 0.3 is 0 Å². The summed E-state index contributed by atoms with van der Waals surface area (Å²) in [5.41, 5.74) is 8.34. The number of carbonyl (C=O) groups excluding carboxylic acids is 2. The highest BCUT2D eigenvalue weighted by Gasteiger charge is 2.25. The van der Waals surface area contributed by atoms with Crippen LogP contribution < -0.4 is 11.1 Å². The second kappa shape index (κ2) is 6.72. The Labute approximate surface area is 125 Å². The van der Waals surface area contributed by atoms with Crippen LogP contribution in [0.25, 0.3) is 0 Å². The zero-order chi connectivity index (χ0) is 15.4. The van der Waals surface area contributed by atoms with Gasteiger partial charge in [-0.1, -0.05) is 18.2 Å². The maximum atomic E-state index is 12.2. The number of rotatable bonds is 4. The molecule has 0 aliphatic carbocycles. The molecule has 5 nitrogen and oxygen atoms in total. The minimum Gasteiger partial charge on any atom is -0.369 e. The lowest BCUT2D eigenvalue weighted by Gasteiger charge is -2.30. The molecule has 1 saturated heterocycles. The molecular weight excluding hydrogens is 266 g/mol. The quantitative estimate of drug-likeness (QED) is 0.880. The van der Waals surface area contributed by atoms with E-state index in [9.17, 15) is 9.59 Å². The first kappa shape index (κ1) is 15.5. The summed E-state index contributed by atoms with van der Waals surface area (Å²) in [7, 11) is 0. The van der Waals surface area contributed by atoms with Crippen molar-refractivity contribution in [2.75, 3.05) is 25.0 Å². The number of para-hydroxylation sites is 1. The maximum absolute atomic E-state index is 12.2. The van der Waals surface area contributed by atoms with E-state index in [1.165, 1.54) is 0 Å². The number of hydrogen-bond donors (Lipinski definition) is 2. The molecule has 2 rings (SSSR count). The van der Waals surface area contributed by atoms with Crippen LogP contribution in [0.3, 0.4) is 0 Å². The van der Waals surface area contributed by atoms with E-state index in [0.29, 0.717) is 13.1 Å². The summed E-state index contributed by atoms with van der Waals surface area (Å²) in [5, 5.41) is 2.97. The van der Waals surface area contributed by atoms with Gasteiger partial charge in [0.15, 0.2) is 0 Å². The van der Waals surface area contributed by atoms with Crippen molar-refractivity contribution in [2.45, 2.75) is 26.7 Å². The second-order valence-electron chi connectivity index (χ2n) is 5.79. The lowest BCUT2D eigenvalue weighted by Crippen LogP contribution is -2.44. The summed E-state index contributed by atoms with van der Waals surface area (Å²) in [6.07, 6.45) is 1.73. The number of benzene rings is 1. The van der Waals surface area contributed by atoms with Crippen LogP contribution >= 0.6 is 0 Å². The fourth-order valence-electron chi connectivity index (χ4n) is 2.83. The molecule has 0 aromatic heterocycles. The molecule has 1 aromatic rings. The van der Waals surface area contributed by atoms with Gasteiger partial charge in [0.2, 0.25) is 11.8 Å². The summed E-state index contributed by atoms with van der Waals surface area (Å²) < 4.78 is 0. The number of hydrogen-bond acceptors (Lipinski definition) is 3. The van der Waals surface area contributed by atoms with Crippen LogP contribution in [-0.4, -0.2) is 36.3 Å². The number of aryl methyl sites for hydroxylation is 2. The van der Waals surface area contributed by atoms with Gasteiger partial charge < -0.3 is 11.1 Å². The molecule has 1 aromatic carbocycles. The molecule has 1 fully saturated rings. The molecule has 0 radical (unpaired) electrons. The molecule has 114 valence electrons. The number of piperidine rings is 1. The molecule has 21 heavy (non-hydrogen) atoms. The van der Waals surface area contributed by atoms with E-state index < -0.39 is 0 Å². The first-order valence-electron chi connectivity index (χ1n) is 7.35. The third kappa shape index (κ3) is 4.04. The van der Waals surface area contributed by atoms with Crippen LogP contribution in [0.5, 0.6) is 0 Å². The summed E-state index contributed by atoms with van der Waals surface area (Å²) in [5.74, 6) is -0.445. The molecule has 1 atom stereocenters. The van der Waals surface area contributed by atoms with Crippen LogP contribution in [0, 0.1) is 19.8 Å². The van der Waals surface area contributed by atoms with Crippen molar-refractivity contribution in [1.82, 2.24) is 4.90 Å². The van der Waals surface area contributed by atoms with Gasteiger partial charge in [-0.3, -0.25) is 14.5 Å². The summed E-state index contributed by atoms with van der Waals surface area (Å²) in [6.45, 7) is 5.68. The van der Waals surface area contributed by atoms with Crippen LogP contribution in [0.2, 0.25) is 0 Å². The molecule has 5 heteroatoms. The molecule has 0 bridgehead atoms. The van der Waals surface area contributed by atoms with Gasteiger partial charge in [0.25, 0.3) is 0 Å². The largest absolute Gasteiger partial charge is 0.369 e. The van der Waals surface area contributed by atoms with Crippen molar-refractivity contribution in [2.24, 2.45) is 11.7 Å². The van der Waals surface area contributed by atoms with E-state index in [-0.39, 0.29) is 17.7 Å². The average molecular weight is 289 g/mol. The lowest BCUT2D eigenvalue weighted by molar-refractivity contribution is -0.125. The van der Waals surface area contributed by atoms with Crippen LogP contribution in [0.1, 0.15) is 24.0 Å². The van der Waals surface area contributed by atoms with Gasteiger partial charge in [-0.05, 0) is 44.4 Å². The van der Waals surface area contributed by atoms with Crippen molar-refractivity contribution in [3.05, 3.63) is 29.3 Å². The van der Waals surface area contributed by atoms with E-state index in [0.717, 1.165) is 36.2 Å². The predicted octanol–water partition coefficient (Wildman–Crippen LogP) is 1.44. The van der Waals surface area contributed by atoms with Crippen molar-refractivity contribution < 1.29 is 9.59 Å². The fourth-order valence-corrected chi connectivity index (χ4v) is 2.83. The van der Waals surface area contributed by atoms with E-state index in [1.807, 2.05) is 36.9 Å². The first-order chi connectivity index (χ1) is 9.97. The Bertz CT molecular complexity index is 522. The number of primary amides is 1. The predicted molar refractivity (Wildman–Crippen MR) is 82.9 cm³/mol. The first-order valence-corrected chi connectivity index (χ1v) is 7.35. The zero-order valence-corrected chi connectivity index (χ0v) is 12.7. The Morgan fingerprint density at radius 3 is 2.62 bits per heavy atom. The Morgan fingerprint density at radius 2 is 2.00 bits per heavy atom. The number of anilines is 1. The monoisotopic (exact) mass is 289 g/mol.